The van der Waals surface area contributed by atoms with Crippen LogP contribution in [0.25, 0.3) is 6.08 Å². The van der Waals surface area contributed by atoms with Crippen molar-refractivity contribution in [1.29, 1.82) is 0 Å². The fourth-order valence-corrected chi connectivity index (χ4v) is 3.72. The van der Waals surface area contributed by atoms with Gasteiger partial charge in [-0.2, -0.15) is 0 Å². The van der Waals surface area contributed by atoms with Crippen LogP contribution in [-0.2, 0) is 4.79 Å². The predicted octanol–water partition coefficient (Wildman–Crippen LogP) is 5.42. The van der Waals surface area contributed by atoms with Gasteiger partial charge in [-0.3, -0.25) is 14.5 Å². The molecule has 2 amide bonds. The average Bonchev–Trinajstić information content (AvgIpc) is 2.89. The average molecular weight is 429 g/mol. The summed E-state index contributed by atoms with van der Waals surface area (Å²) in [6.45, 7) is 2.11. The zero-order valence-electron chi connectivity index (χ0n) is 14.1. The van der Waals surface area contributed by atoms with E-state index >= 15 is 0 Å². The number of anilines is 1. The predicted molar refractivity (Wildman–Crippen MR) is 111 cm³/mol. The molecule has 1 aliphatic heterocycles. The molecule has 2 aromatic rings. The van der Waals surface area contributed by atoms with E-state index in [0.29, 0.717) is 4.91 Å². The second kappa shape index (κ2) is 8.38. The Kier molecular flexibility index (Phi) is 5.96. The molecule has 132 valence electrons. The Hall–Kier alpha value is -2.31. The van der Waals surface area contributed by atoms with Crippen LogP contribution in [0.4, 0.5) is 10.5 Å². The maximum atomic E-state index is 12.5. The molecule has 26 heavy (non-hydrogen) atoms. The summed E-state index contributed by atoms with van der Waals surface area (Å²) in [6.07, 6.45) is 5.37. The van der Waals surface area contributed by atoms with Crippen molar-refractivity contribution in [1.82, 2.24) is 4.90 Å². The fraction of sp³-hybridized carbons (Fsp3) is 0.100. The van der Waals surface area contributed by atoms with Gasteiger partial charge < -0.3 is 5.32 Å². The smallest absolute Gasteiger partial charge is 0.295 e. The number of aryl methyl sites for hydroxylation is 1. The molecule has 0 unspecified atom stereocenters. The van der Waals surface area contributed by atoms with Gasteiger partial charge in [0.25, 0.3) is 11.1 Å². The Balaban J connectivity index is 1.65. The third-order valence-corrected chi connectivity index (χ3v) is 5.24. The summed E-state index contributed by atoms with van der Waals surface area (Å²) in [7, 11) is 0. The minimum absolute atomic E-state index is 0.146. The number of carbonyl (C=O) groups excluding carboxylic acids is 2. The quantitative estimate of drug-likeness (QED) is 0.645. The van der Waals surface area contributed by atoms with Crippen molar-refractivity contribution in [3.8, 4) is 0 Å². The third-order valence-electron chi connectivity index (χ3n) is 3.83. The Morgan fingerprint density at radius 3 is 2.65 bits per heavy atom. The van der Waals surface area contributed by atoms with Crippen LogP contribution in [0.15, 0.2) is 70.1 Å². The van der Waals surface area contributed by atoms with Crippen LogP contribution in [0.5, 0.6) is 0 Å². The van der Waals surface area contributed by atoms with Crippen molar-refractivity contribution in [2.24, 2.45) is 0 Å². The molecular weight excluding hydrogens is 412 g/mol. The van der Waals surface area contributed by atoms with Gasteiger partial charge in [0.05, 0.1) is 11.6 Å². The topological polar surface area (TPSA) is 49.4 Å². The fourth-order valence-electron chi connectivity index (χ4n) is 2.45. The Bertz CT molecular complexity index is 894. The highest BCUT2D eigenvalue weighted by Crippen LogP contribution is 2.30. The van der Waals surface area contributed by atoms with Crippen LogP contribution in [0.2, 0.25) is 0 Å². The highest BCUT2D eigenvalue weighted by Gasteiger charge is 2.34. The van der Waals surface area contributed by atoms with Gasteiger partial charge in [0.15, 0.2) is 0 Å². The molecule has 1 aliphatic rings. The molecule has 0 aliphatic carbocycles. The van der Waals surface area contributed by atoms with Crippen LogP contribution in [-0.4, -0.2) is 22.7 Å². The molecule has 0 radical (unpaired) electrons. The van der Waals surface area contributed by atoms with E-state index in [-0.39, 0.29) is 17.8 Å². The summed E-state index contributed by atoms with van der Waals surface area (Å²) < 4.78 is 0.986. The van der Waals surface area contributed by atoms with Gasteiger partial charge in [0.2, 0.25) is 0 Å². The summed E-state index contributed by atoms with van der Waals surface area (Å²) in [4.78, 5) is 26.2. The first-order valence-electron chi connectivity index (χ1n) is 8.02. The Morgan fingerprint density at radius 2 is 1.92 bits per heavy atom. The van der Waals surface area contributed by atoms with Gasteiger partial charge in [0, 0.05) is 10.2 Å². The molecule has 2 aromatic carbocycles. The van der Waals surface area contributed by atoms with E-state index in [1.165, 1.54) is 4.90 Å². The standard InChI is InChI=1S/C20H17BrN2O2S/c1-14-12-16(21)10-11-17(14)22-13-23-19(24)18(26-20(23)25)9-5-8-15-6-3-2-4-7-15/h2-12,22H,13H2,1H3. The second-order valence-corrected chi connectivity index (χ2v) is 7.60. The zero-order chi connectivity index (χ0) is 18.5. The minimum Gasteiger partial charge on any atom is -0.367 e. The number of hydrogen-bond donors (Lipinski definition) is 1. The van der Waals surface area contributed by atoms with E-state index in [2.05, 4.69) is 21.2 Å². The van der Waals surface area contributed by atoms with E-state index in [9.17, 15) is 9.59 Å². The van der Waals surface area contributed by atoms with E-state index in [0.717, 1.165) is 33.0 Å². The van der Waals surface area contributed by atoms with E-state index in [1.54, 1.807) is 12.2 Å². The molecule has 0 aromatic heterocycles. The lowest BCUT2D eigenvalue weighted by Crippen LogP contribution is -2.33. The van der Waals surface area contributed by atoms with Gasteiger partial charge in [-0.1, -0.05) is 58.4 Å². The maximum absolute atomic E-state index is 12.5. The van der Waals surface area contributed by atoms with Crippen molar-refractivity contribution in [3.63, 3.8) is 0 Å². The molecule has 0 saturated carbocycles. The highest BCUT2D eigenvalue weighted by molar-refractivity contribution is 9.10. The van der Waals surface area contributed by atoms with Crippen molar-refractivity contribution in [2.75, 3.05) is 12.0 Å². The number of thioether (sulfide) groups is 1. The molecule has 1 saturated heterocycles. The summed E-state index contributed by atoms with van der Waals surface area (Å²) >= 11 is 4.38. The second-order valence-electron chi connectivity index (χ2n) is 5.70. The molecule has 3 rings (SSSR count). The minimum atomic E-state index is -0.278. The zero-order valence-corrected chi connectivity index (χ0v) is 16.5. The Morgan fingerprint density at radius 1 is 1.15 bits per heavy atom. The summed E-state index contributed by atoms with van der Waals surface area (Å²) in [6, 6.07) is 15.6. The van der Waals surface area contributed by atoms with Gasteiger partial charge in [-0.05, 0) is 54.1 Å². The van der Waals surface area contributed by atoms with Gasteiger partial charge in [-0.25, -0.2) is 0 Å². The third kappa shape index (κ3) is 4.45. The number of hydrogen-bond acceptors (Lipinski definition) is 4. The van der Waals surface area contributed by atoms with Gasteiger partial charge in [-0.15, -0.1) is 0 Å². The number of nitrogens with one attached hydrogen (secondary N) is 1. The number of imide groups is 1. The van der Waals surface area contributed by atoms with Crippen molar-refractivity contribution < 1.29 is 9.59 Å². The number of carbonyl (C=O) groups is 2. The SMILES string of the molecule is Cc1cc(Br)ccc1NCN1C(=O)SC(=CC=Cc2ccccc2)C1=O. The lowest BCUT2D eigenvalue weighted by Gasteiger charge is -2.16. The number of halogens is 1. The number of allylic oxidation sites excluding steroid dienone is 2. The maximum Gasteiger partial charge on any atom is 0.295 e. The molecule has 0 spiro atoms. The number of amides is 2. The normalized spacial score (nSPS) is 16.1. The number of nitrogens with zero attached hydrogens (tertiary/aromatic N) is 1. The molecule has 1 fully saturated rings. The first kappa shape index (κ1) is 18.5. The monoisotopic (exact) mass is 428 g/mol. The molecule has 1 heterocycles. The van der Waals surface area contributed by atoms with Gasteiger partial charge >= 0.3 is 0 Å². The van der Waals surface area contributed by atoms with E-state index in [4.69, 9.17) is 0 Å². The summed E-state index contributed by atoms with van der Waals surface area (Å²) in [5, 5.41) is 2.88. The lowest BCUT2D eigenvalue weighted by atomic mass is 10.2. The van der Waals surface area contributed by atoms with Crippen LogP contribution in [0.3, 0.4) is 0 Å². The molecule has 0 atom stereocenters. The van der Waals surface area contributed by atoms with Crippen molar-refractivity contribution >= 4 is 50.6 Å². The summed E-state index contributed by atoms with van der Waals surface area (Å²) in [5.74, 6) is -0.278. The first-order valence-corrected chi connectivity index (χ1v) is 9.62. The first-order chi connectivity index (χ1) is 12.5. The number of benzene rings is 2. The molecule has 1 N–H and O–H groups in total. The van der Waals surface area contributed by atoms with Gasteiger partial charge in [0.1, 0.15) is 0 Å². The highest BCUT2D eigenvalue weighted by atomic mass is 79.9. The lowest BCUT2D eigenvalue weighted by molar-refractivity contribution is -0.122. The van der Waals surface area contributed by atoms with Crippen LogP contribution >= 0.6 is 27.7 Å². The van der Waals surface area contributed by atoms with E-state index in [1.807, 2.05) is 61.5 Å². The molecule has 0 bridgehead atoms. The Labute approximate surface area is 165 Å². The molecular formula is C20H17BrN2O2S. The largest absolute Gasteiger partial charge is 0.367 e. The number of rotatable bonds is 5. The van der Waals surface area contributed by atoms with Crippen LogP contribution in [0, 0.1) is 6.92 Å². The van der Waals surface area contributed by atoms with Crippen LogP contribution < -0.4 is 5.32 Å². The van der Waals surface area contributed by atoms with Crippen molar-refractivity contribution in [2.45, 2.75) is 6.92 Å². The van der Waals surface area contributed by atoms with Crippen LogP contribution in [0.1, 0.15) is 11.1 Å². The summed E-state index contributed by atoms with van der Waals surface area (Å²) in [5.41, 5.74) is 2.96. The molecule has 4 nitrogen and oxygen atoms in total. The van der Waals surface area contributed by atoms with Crippen molar-refractivity contribution in [3.05, 3.63) is 81.2 Å². The molecule has 6 heteroatoms. The van der Waals surface area contributed by atoms with E-state index < -0.39 is 0 Å².